The molecular weight excluding hydrogens is 175 g/mol. The van der Waals surface area contributed by atoms with Gasteiger partial charge in [-0.25, -0.2) is 4.79 Å². The summed E-state index contributed by atoms with van der Waals surface area (Å²) in [5, 5.41) is 17.9. The van der Waals surface area contributed by atoms with Crippen molar-refractivity contribution < 1.29 is 24.3 Å². The van der Waals surface area contributed by atoms with Crippen LogP contribution < -0.4 is 0 Å². The van der Waals surface area contributed by atoms with Crippen molar-refractivity contribution in [2.24, 2.45) is 0 Å². The molecule has 0 radical (unpaired) electrons. The van der Waals surface area contributed by atoms with Crippen LogP contribution in [0.3, 0.4) is 0 Å². The zero-order chi connectivity index (χ0) is 9.84. The van der Waals surface area contributed by atoms with Crippen LogP contribution >= 0.6 is 0 Å². The SMILES string of the molecule is COC(=O)C1=C(B(O)O)CCOC1. The van der Waals surface area contributed by atoms with E-state index in [9.17, 15) is 4.79 Å². The molecule has 0 saturated carbocycles. The van der Waals surface area contributed by atoms with E-state index in [1.54, 1.807) is 0 Å². The summed E-state index contributed by atoms with van der Waals surface area (Å²) in [6.07, 6.45) is 0.349. The molecule has 6 heteroatoms. The molecule has 0 unspecified atom stereocenters. The molecule has 0 atom stereocenters. The van der Waals surface area contributed by atoms with Gasteiger partial charge in [-0.05, 0) is 11.9 Å². The van der Waals surface area contributed by atoms with Crippen molar-refractivity contribution in [3.63, 3.8) is 0 Å². The Balaban J connectivity index is 2.89. The van der Waals surface area contributed by atoms with Crippen LogP contribution in [-0.4, -0.2) is 43.5 Å². The van der Waals surface area contributed by atoms with Crippen molar-refractivity contribution in [3.8, 4) is 0 Å². The van der Waals surface area contributed by atoms with Gasteiger partial charge in [-0.15, -0.1) is 0 Å². The summed E-state index contributed by atoms with van der Waals surface area (Å²) in [6, 6.07) is 0. The van der Waals surface area contributed by atoms with Gasteiger partial charge in [0.25, 0.3) is 0 Å². The minimum absolute atomic E-state index is 0.0830. The predicted molar refractivity (Wildman–Crippen MR) is 44.7 cm³/mol. The highest BCUT2D eigenvalue weighted by atomic mass is 16.5. The van der Waals surface area contributed by atoms with Gasteiger partial charge in [-0.3, -0.25) is 0 Å². The van der Waals surface area contributed by atoms with Gasteiger partial charge in [-0.1, -0.05) is 0 Å². The largest absolute Gasteiger partial charge is 0.484 e. The van der Waals surface area contributed by atoms with Crippen LogP contribution in [0, 0.1) is 0 Å². The molecule has 1 heterocycles. The number of esters is 1. The fourth-order valence-corrected chi connectivity index (χ4v) is 1.20. The zero-order valence-corrected chi connectivity index (χ0v) is 7.32. The smallest absolute Gasteiger partial charge is 0.466 e. The highest BCUT2D eigenvalue weighted by molar-refractivity contribution is 6.51. The summed E-state index contributed by atoms with van der Waals surface area (Å²) in [5.74, 6) is -0.567. The molecule has 0 aromatic rings. The van der Waals surface area contributed by atoms with Crippen LogP contribution in [0.5, 0.6) is 0 Å². The lowest BCUT2D eigenvalue weighted by atomic mass is 9.73. The summed E-state index contributed by atoms with van der Waals surface area (Å²) < 4.78 is 9.48. The topological polar surface area (TPSA) is 76.0 Å². The van der Waals surface area contributed by atoms with Crippen LogP contribution in [0.25, 0.3) is 0 Å². The third-order valence-corrected chi connectivity index (χ3v) is 1.89. The van der Waals surface area contributed by atoms with Crippen molar-refractivity contribution >= 4 is 13.1 Å². The number of methoxy groups -OCH3 is 1. The quantitative estimate of drug-likeness (QED) is 0.422. The maximum atomic E-state index is 11.1. The zero-order valence-electron chi connectivity index (χ0n) is 7.32. The van der Waals surface area contributed by atoms with Crippen LogP contribution in [0.2, 0.25) is 0 Å². The Bertz CT molecular complexity index is 235. The number of hydrogen-bond acceptors (Lipinski definition) is 5. The van der Waals surface area contributed by atoms with Crippen molar-refractivity contribution in [3.05, 3.63) is 11.0 Å². The standard InChI is InChI=1S/C7H11BO5/c1-12-7(9)5-4-13-3-2-6(5)8(10)11/h10-11H,2-4H2,1H3. The first kappa shape index (κ1) is 10.2. The minimum Gasteiger partial charge on any atom is -0.466 e. The van der Waals surface area contributed by atoms with E-state index in [-0.39, 0.29) is 17.7 Å². The number of carbonyl (C=O) groups is 1. The third-order valence-electron chi connectivity index (χ3n) is 1.89. The van der Waals surface area contributed by atoms with E-state index in [1.165, 1.54) is 7.11 Å². The molecule has 1 aliphatic rings. The van der Waals surface area contributed by atoms with Crippen molar-refractivity contribution in [2.45, 2.75) is 6.42 Å². The molecule has 72 valence electrons. The number of hydrogen-bond donors (Lipinski definition) is 2. The fraction of sp³-hybridized carbons (Fsp3) is 0.571. The molecule has 0 aromatic heterocycles. The van der Waals surface area contributed by atoms with E-state index in [2.05, 4.69) is 4.74 Å². The molecule has 0 aromatic carbocycles. The minimum atomic E-state index is -1.60. The van der Waals surface area contributed by atoms with Crippen molar-refractivity contribution in [1.82, 2.24) is 0 Å². The molecular formula is C7H11BO5. The molecule has 0 spiro atoms. The molecule has 0 fully saturated rings. The predicted octanol–water partition coefficient (Wildman–Crippen LogP) is -1.11. The first-order valence-corrected chi connectivity index (χ1v) is 3.91. The lowest BCUT2D eigenvalue weighted by molar-refractivity contribution is -0.137. The second-order valence-corrected chi connectivity index (χ2v) is 2.67. The average molecular weight is 186 g/mol. The van der Waals surface area contributed by atoms with Gasteiger partial charge in [0.05, 0.1) is 25.9 Å². The highest BCUT2D eigenvalue weighted by Crippen LogP contribution is 2.17. The number of rotatable bonds is 2. The molecule has 0 aliphatic carbocycles. The fourth-order valence-electron chi connectivity index (χ4n) is 1.20. The van der Waals surface area contributed by atoms with Gasteiger partial charge in [0.15, 0.2) is 0 Å². The van der Waals surface area contributed by atoms with Crippen molar-refractivity contribution in [1.29, 1.82) is 0 Å². The molecule has 1 rings (SSSR count). The maximum absolute atomic E-state index is 11.1. The van der Waals surface area contributed by atoms with E-state index >= 15 is 0 Å². The Labute approximate surface area is 76.1 Å². The van der Waals surface area contributed by atoms with Gasteiger partial charge in [0, 0.05) is 0 Å². The Hall–Kier alpha value is -0.845. The van der Waals surface area contributed by atoms with Crippen LogP contribution in [-0.2, 0) is 14.3 Å². The Morgan fingerprint density at radius 2 is 2.31 bits per heavy atom. The normalized spacial score (nSPS) is 17.2. The van der Waals surface area contributed by atoms with Gasteiger partial charge in [-0.2, -0.15) is 0 Å². The Morgan fingerprint density at radius 3 is 2.85 bits per heavy atom. The van der Waals surface area contributed by atoms with Gasteiger partial charge < -0.3 is 19.5 Å². The molecule has 2 N–H and O–H groups in total. The number of ether oxygens (including phenoxy) is 2. The Morgan fingerprint density at radius 1 is 1.62 bits per heavy atom. The maximum Gasteiger partial charge on any atom is 0.484 e. The van der Waals surface area contributed by atoms with Gasteiger partial charge in [0.1, 0.15) is 0 Å². The molecule has 13 heavy (non-hydrogen) atoms. The summed E-state index contributed by atoms with van der Waals surface area (Å²) in [7, 11) is -0.358. The first-order valence-electron chi connectivity index (χ1n) is 3.91. The van der Waals surface area contributed by atoms with E-state index in [1.807, 2.05) is 0 Å². The first-order chi connectivity index (χ1) is 6.16. The van der Waals surface area contributed by atoms with Crippen LogP contribution in [0.15, 0.2) is 11.0 Å². The molecule has 5 nitrogen and oxygen atoms in total. The van der Waals surface area contributed by atoms with Crippen LogP contribution in [0.1, 0.15) is 6.42 Å². The summed E-state index contributed by atoms with van der Waals surface area (Å²) in [4.78, 5) is 11.1. The molecule has 0 saturated heterocycles. The van der Waals surface area contributed by atoms with E-state index in [4.69, 9.17) is 14.8 Å². The second kappa shape index (κ2) is 4.41. The molecule has 1 aliphatic heterocycles. The monoisotopic (exact) mass is 186 g/mol. The average Bonchev–Trinajstić information content (AvgIpc) is 2.16. The van der Waals surface area contributed by atoms with Crippen LogP contribution in [0.4, 0.5) is 0 Å². The number of carbonyl (C=O) groups excluding carboxylic acids is 1. The Kier molecular flexibility index (Phi) is 3.47. The molecule has 0 amide bonds. The lowest BCUT2D eigenvalue weighted by Crippen LogP contribution is -2.28. The van der Waals surface area contributed by atoms with Gasteiger partial charge in [0.2, 0.25) is 0 Å². The highest BCUT2D eigenvalue weighted by Gasteiger charge is 2.27. The summed E-state index contributed by atoms with van der Waals surface area (Å²) in [5.41, 5.74) is 0.502. The van der Waals surface area contributed by atoms with E-state index < -0.39 is 13.1 Å². The third kappa shape index (κ3) is 2.30. The second-order valence-electron chi connectivity index (χ2n) is 2.67. The van der Waals surface area contributed by atoms with E-state index in [0.29, 0.717) is 13.0 Å². The lowest BCUT2D eigenvalue weighted by Gasteiger charge is -2.18. The van der Waals surface area contributed by atoms with Gasteiger partial charge >= 0.3 is 13.1 Å². The molecule has 0 bridgehead atoms. The summed E-state index contributed by atoms with van der Waals surface area (Å²) in [6.45, 7) is 0.479. The van der Waals surface area contributed by atoms with E-state index in [0.717, 1.165) is 0 Å². The van der Waals surface area contributed by atoms with Crippen molar-refractivity contribution in [2.75, 3.05) is 20.3 Å². The summed E-state index contributed by atoms with van der Waals surface area (Å²) >= 11 is 0.